The Morgan fingerprint density at radius 3 is 2.88 bits per heavy atom. The number of hydrogen-bond donors (Lipinski definition) is 1. The van der Waals surface area contributed by atoms with Crippen LogP contribution in [0.5, 0.6) is 0 Å². The molecule has 0 saturated carbocycles. The molecule has 140 valence electrons. The molecule has 2 amide bonds. The minimum atomic E-state index is -1.22. The number of carbonyl (C=O) groups excluding carboxylic acids is 3. The van der Waals surface area contributed by atoms with Crippen LogP contribution in [0, 0.1) is 11.6 Å². The van der Waals surface area contributed by atoms with Gasteiger partial charge < -0.3 is 15.0 Å². The third-order valence-electron chi connectivity index (χ3n) is 4.57. The Labute approximate surface area is 153 Å². The number of nitrogens with zero attached hydrogens (tertiary/aromatic N) is 1. The summed E-state index contributed by atoms with van der Waals surface area (Å²) in [5.74, 6) is -2.69. The summed E-state index contributed by atoms with van der Waals surface area (Å²) in [7, 11) is 0. The molecule has 0 unspecified atom stereocenters. The van der Waals surface area contributed by atoms with Crippen molar-refractivity contribution in [1.29, 1.82) is 0 Å². The smallest absolute Gasteiger partial charge is 0.330 e. The summed E-state index contributed by atoms with van der Waals surface area (Å²) in [6.45, 7) is 3.23. The predicted molar refractivity (Wildman–Crippen MR) is 91.3 cm³/mol. The van der Waals surface area contributed by atoms with Gasteiger partial charge in [-0.1, -0.05) is 0 Å². The fourth-order valence-electron chi connectivity index (χ4n) is 3.13. The van der Waals surface area contributed by atoms with Crippen LogP contribution in [0.1, 0.15) is 26.7 Å². The van der Waals surface area contributed by atoms with Gasteiger partial charge in [-0.3, -0.25) is 9.59 Å². The van der Waals surface area contributed by atoms with Crippen LogP contribution in [-0.2, 0) is 19.1 Å². The number of ether oxygens (including phenoxy) is 1. The first-order valence-electron chi connectivity index (χ1n) is 8.14. The molecule has 2 saturated heterocycles. The lowest BCUT2D eigenvalue weighted by Crippen LogP contribution is -2.48. The maximum Gasteiger partial charge on any atom is 0.330 e. The van der Waals surface area contributed by atoms with Gasteiger partial charge in [0.15, 0.2) is 6.10 Å². The zero-order chi connectivity index (χ0) is 19.1. The van der Waals surface area contributed by atoms with Crippen LogP contribution < -0.4 is 5.32 Å². The second-order valence-electron chi connectivity index (χ2n) is 6.46. The molecule has 0 aliphatic carbocycles. The summed E-state index contributed by atoms with van der Waals surface area (Å²) in [5, 5.41) is 2.19. The number of rotatable bonds is 4. The van der Waals surface area contributed by atoms with E-state index in [4.69, 9.17) is 4.74 Å². The van der Waals surface area contributed by atoms with E-state index >= 15 is 0 Å². The lowest BCUT2D eigenvalue weighted by atomic mass is 10.2. The summed E-state index contributed by atoms with van der Waals surface area (Å²) < 4.78 is 31.9. The van der Waals surface area contributed by atoms with Crippen LogP contribution in [0.25, 0.3) is 0 Å². The van der Waals surface area contributed by atoms with Gasteiger partial charge in [0.25, 0.3) is 5.91 Å². The second-order valence-corrected chi connectivity index (χ2v) is 7.96. The average Bonchev–Trinajstić information content (AvgIpc) is 3.07. The molecule has 0 radical (unpaired) electrons. The molecule has 1 aromatic rings. The van der Waals surface area contributed by atoms with Crippen LogP contribution >= 0.6 is 11.8 Å². The fourth-order valence-corrected chi connectivity index (χ4v) is 4.55. The number of esters is 1. The Morgan fingerprint density at radius 2 is 2.15 bits per heavy atom. The molecular weight excluding hydrogens is 366 g/mol. The molecule has 2 aliphatic rings. The van der Waals surface area contributed by atoms with Crippen molar-refractivity contribution in [3.63, 3.8) is 0 Å². The first-order valence-corrected chi connectivity index (χ1v) is 9.12. The SMILES string of the molecule is C[C@@H](OC(=O)[C@@H]1CS[C@@]2(C)CCC(=O)N12)C(=O)Nc1cc(F)ccc1F. The van der Waals surface area contributed by atoms with Gasteiger partial charge in [-0.05, 0) is 32.4 Å². The average molecular weight is 384 g/mol. The van der Waals surface area contributed by atoms with E-state index in [1.54, 1.807) is 0 Å². The highest BCUT2D eigenvalue weighted by atomic mass is 32.2. The van der Waals surface area contributed by atoms with Crippen molar-refractivity contribution in [3.05, 3.63) is 29.8 Å². The van der Waals surface area contributed by atoms with Crippen molar-refractivity contribution in [1.82, 2.24) is 4.90 Å². The third-order valence-corrected chi connectivity index (χ3v) is 6.07. The van der Waals surface area contributed by atoms with Gasteiger partial charge in [0.2, 0.25) is 5.91 Å². The zero-order valence-corrected chi connectivity index (χ0v) is 15.1. The molecule has 2 aliphatic heterocycles. The lowest BCUT2D eigenvalue weighted by molar-refractivity contribution is -0.160. The molecule has 2 fully saturated rings. The molecule has 3 rings (SSSR count). The fraction of sp³-hybridized carbons (Fsp3) is 0.471. The van der Waals surface area contributed by atoms with E-state index in [0.717, 1.165) is 18.2 Å². The van der Waals surface area contributed by atoms with Crippen LogP contribution in [0.4, 0.5) is 14.5 Å². The number of benzene rings is 1. The van der Waals surface area contributed by atoms with Gasteiger partial charge in [-0.15, -0.1) is 11.8 Å². The van der Waals surface area contributed by atoms with Crippen LogP contribution in [0.15, 0.2) is 18.2 Å². The highest BCUT2D eigenvalue weighted by molar-refractivity contribution is 8.01. The normalized spacial score (nSPS) is 25.8. The summed E-state index contributed by atoms with van der Waals surface area (Å²) in [5.41, 5.74) is -0.336. The van der Waals surface area contributed by atoms with Gasteiger partial charge in [0.05, 0.1) is 10.6 Å². The highest BCUT2D eigenvalue weighted by Crippen LogP contribution is 2.47. The van der Waals surface area contributed by atoms with Crippen molar-refractivity contribution >= 4 is 35.2 Å². The molecule has 2 heterocycles. The number of thioether (sulfide) groups is 1. The predicted octanol–water partition coefficient (Wildman–Crippen LogP) is 2.29. The third kappa shape index (κ3) is 3.40. The Balaban J connectivity index is 1.63. The number of fused-ring (bicyclic) bond motifs is 1. The first-order chi connectivity index (χ1) is 12.2. The van der Waals surface area contributed by atoms with Gasteiger partial charge >= 0.3 is 5.97 Å². The van der Waals surface area contributed by atoms with Crippen molar-refractivity contribution in [2.24, 2.45) is 0 Å². The van der Waals surface area contributed by atoms with E-state index in [0.29, 0.717) is 18.6 Å². The molecule has 1 aromatic carbocycles. The number of anilines is 1. The van der Waals surface area contributed by atoms with Gasteiger partial charge in [-0.25, -0.2) is 13.6 Å². The Hall–Kier alpha value is -2.16. The van der Waals surface area contributed by atoms with Crippen LogP contribution in [0.2, 0.25) is 0 Å². The minimum Gasteiger partial charge on any atom is -0.451 e. The van der Waals surface area contributed by atoms with Crippen molar-refractivity contribution in [2.45, 2.75) is 43.7 Å². The van der Waals surface area contributed by atoms with Crippen molar-refractivity contribution < 1.29 is 27.9 Å². The Morgan fingerprint density at radius 1 is 1.42 bits per heavy atom. The highest BCUT2D eigenvalue weighted by Gasteiger charge is 2.53. The maximum absolute atomic E-state index is 13.6. The standard InChI is InChI=1S/C17H18F2N2O4S/c1-9(15(23)20-12-7-10(18)3-4-11(12)19)25-16(24)13-8-26-17(2)6-5-14(22)21(13)17/h3-4,7,9,13H,5-6,8H2,1-2H3,(H,20,23)/t9-,13+,17+/m1/s1. The number of amides is 2. The van der Waals surface area contributed by atoms with E-state index in [2.05, 4.69) is 5.32 Å². The second kappa shape index (κ2) is 6.86. The van der Waals surface area contributed by atoms with Gasteiger partial charge in [0.1, 0.15) is 17.7 Å². The van der Waals surface area contributed by atoms with E-state index in [-0.39, 0.29) is 11.6 Å². The van der Waals surface area contributed by atoms with Crippen molar-refractivity contribution in [3.8, 4) is 0 Å². The van der Waals surface area contributed by atoms with Gasteiger partial charge in [-0.2, -0.15) is 0 Å². The molecule has 26 heavy (non-hydrogen) atoms. The summed E-state index contributed by atoms with van der Waals surface area (Å²) >= 11 is 1.51. The molecule has 0 spiro atoms. The number of nitrogens with one attached hydrogen (secondary N) is 1. The molecule has 9 heteroatoms. The van der Waals surface area contributed by atoms with E-state index in [1.165, 1.54) is 23.6 Å². The number of halogens is 2. The van der Waals surface area contributed by atoms with Crippen LogP contribution in [-0.4, -0.2) is 45.5 Å². The monoisotopic (exact) mass is 384 g/mol. The Bertz CT molecular complexity index is 775. The summed E-state index contributed by atoms with van der Waals surface area (Å²) in [6, 6.07) is 1.90. The van der Waals surface area contributed by atoms with E-state index < -0.39 is 40.5 Å². The molecule has 0 bridgehead atoms. The van der Waals surface area contributed by atoms with E-state index in [1.807, 2.05) is 6.92 Å². The van der Waals surface area contributed by atoms with Crippen molar-refractivity contribution in [2.75, 3.05) is 11.1 Å². The quantitative estimate of drug-likeness (QED) is 0.806. The molecule has 0 aromatic heterocycles. The topological polar surface area (TPSA) is 75.7 Å². The maximum atomic E-state index is 13.6. The number of hydrogen-bond acceptors (Lipinski definition) is 5. The first kappa shape index (κ1) is 18.6. The number of carbonyl (C=O) groups is 3. The minimum absolute atomic E-state index is 0.113. The zero-order valence-electron chi connectivity index (χ0n) is 14.3. The summed E-state index contributed by atoms with van der Waals surface area (Å²) in [4.78, 5) is 37.7. The van der Waals surface area contributed by atoms with E-state index in [9.17, 15) is 23.2 Å². The molecule has 3 atom stereocenters. The summed E-state index contributed by atoms with van der Waals surface area (Å²) in [6.07, 6.45) is -0.183. The van der Waals surface area contributed by atoms with Gasteiger partial charge in [0, 0.05) is 18.2 Å². The molecular formula is C17H18F2N2O4S. The largest absolute Gasteiger partial charge is 0.451 e. The van der Waals surface area contributed by atoms with Crippen LogP contribution in [0.3, 0.4) is 0 Å². The Kier molecular flexibility index (Phi) is 4.92. The molecule has 6 nitrogen and oxygen atoms in total. The molecule has 1 N–H and O–H groups in total. The lowest BCUT2D eigenvalue weighted by Gasteiger charge is -2.29.